The molecule has 0 heterocycles. The summed E-state index contributed by atoms with van der Waals surface area (Å²) >= 11 is 0. The molecule has 0 aromatic rings. The summed E-state index contributed by atoms with van der Waals surface area (Å²) in [4.78, 5) is 9.79. The van der Waals surface area contributed by atoms with Crippen LogP contribution in [0.25, 0.3) is 0 Å². The van der Waals surface area contributed by atoms with Crippen LogP contribution in [-0.2, 0) is 14.9 Å². The fourth-order valence-corrected chi connectivity index (χ4v) is 1.89. The monoisotopic (exact) mass is 231 g/mol. The van der Waals surface area contributed by atoms with Crippen LogP contribution in [-0.4, -0.2) is 36.7 Å². The Hall–Kier alpha value is 0.320. The Balaban J connectivity index is -0.000000720. The van der Waals surface area contributed by atoms with Crippen LogP contribution in [0.4, 0.5) is 0 Å². The third-order valence-electron chi connectivity index (χ3n) is 1.31. The second kappa shape index (κ2) is 6.74. The Morgan fingerprint density at radius 1 is 1.57 bits per heavy atom. The van der Waals surface area contributed by atoms with E-state index in [9.17, 15) is 13.2 Å². The van der Waals surface area contributed by atoms with Crippen LogP contribution in [0.2, 0.25) is 0 Å². The van der Waals surface area contributed by atoms with Gasteiger partial charge in [0, 0.05) is 18.2 Å². The van der Waals surface area contributed by atoms with Crippen molar-refractivity contribution in [2.45, 2.75) is 19.4 Å². The Morgan fingerprint density at radius 2 is 2.07 bits per heavy atom. The first-order chi connectivity index (χ1) is 5.77. The number of carbonyl (C=O) groups excluding carboxylic acids is 1. The molecule has 7 heteroatoms. The second-order valence-electron chi connectivity index (χ2n) is 3.31. The van der Waals surface area contributed by atoms with E-state index in [1.807, 2.05) is 0 Å². The normalized spacial score (nSPS) is 11.4. The van der Waals surface area contributed by atoms with E-state index in [2.05, 4.69) is 5.32 Å². The number of rotatable bonds is 5. The van der Waals surface area contributed by atoms with Crippen molar-refractivity contribution >= 4 is 16.1 Å². The summed E-state index contributed by atoms with van der Waals surface area (Å²) < 4.78 is 29.6. The summed E-state index contributed by atoms with van der Waals surface area (Å²) in [7, 11) is -3.99. The van der Waals surface area contributed by atoms with E-state index in [-0.39, 0.29) is 37.5 Å². The van der Waals surface area contributed by atoms with E-state index in [0.29, 0.717) is 0 Å². The molecule has 14 heavy (non-hydrogen) atoms. The van der Waals surface area contributed by atoms with E-state index in [0.717, 1.165) is 0 Å². The third kappa shape index (κ3) is 10.4. The number of nitrogens with one attached hydrogen (secondary N) is 1. The zero-order valence-corrected chi connectivity index (χ0v) is 11.4. The van der Waals surface area contributed by atoms with Crippen LogP contribution in [0, 0.1) is 0 Å². The van der Waals surface area contributed by atoms with Crippen molar-refractivity contribution in [3.63, 3.8) is 0 Å². The summed E-state index contributed by atoms with van der Waals surface area (Å²) in [5, 5.41) is 2.76. The van der Waals surface area contributed by atoms with Gasteiger partial charge in [0.25, 0.3) is 10.1 Å². The van der Waals surface area contributed by atoms with Crippen LogP contribution < -0.4 is 34.9 Å². The van der Waals surface area contributed by atoms with Crippen molar-refractivity contribution in [3.8, 4) is 0 Å². The van der Waals surface area contributed by atoms with Crippen molar-refractivity contribution in [1.82, 2.24) is 5.32 Å². The van der Waals surface area contributed by atoms with Gasteiger partial charge in [0.2, 0.25) is 0 Å². The van der Waals surface area contributed by atoms with Gasteiger partial charge in [0.1, 0.15) is 5.94 Å². The molecule has 0 radical (unpaired) electrons. The quantitative estimate of drug-likeness (QED) is 0.295. The smallest absolute Gasteiger partial charge is 1.00 e. The molecule has 0 rings (SSSR count). The Bertz CT molecular complexity index is 311. The minimum atomic E-state index is -3.99. The minimum absolute atomic E-state index is 0. The van der Waals surface area contributed by atoms with Crippen molar-refractivity contribution in [2.24, 2.45) is 0 Å². The average molecular weight is 231 g/mol. The van der Waals surface area contributed by atoms with Crippen LogP contribution >= 0.6 is 0 Å². The zero-order chi connectivity index (χ0) is 10.5. The average Bonchev–Trinajstić information content (AvgIpc) is 1.81. The first-order valence-corrected chi connectivity index (χ1v) is 5.27. The topological polar surface area (TPSA) is 83.5 Å². The Kier molecular flexibility index (Phi) is 8.06. The fourth-order valence-electron chi connectivity index (χ4n) is 0.876. The molecule has 0 amide bonds. The van der Waals surface area contributed by atoms with E-state index < -0.39 is 21.4 Å². The maximum absolute atomic E-state index is 10.5. The molecule has 0 atom stereocenters. The molecule has 0 saturated heterocycles. The molecule has 78 valence electrons. The SMILES string of the molecule is CC(C)(CS(=O)(=O)O)NCC=C=O.[H-].[Na+]. The Morgan fingerprint density at radius 3 is 2.43 bits per heavy atom. The predicted molar refractivity (Wildman–Crippen MR) is 49.9 cm³/mol. The standard InChI is InChI=1S/C7H13NO4S.Na.H/c1-7(2,6-13(10,11)12)8-4-3-5-9;;/h3,8H,4,6H2,1-2H3,(H,10,11,12);;/q;+1;-1. The Labute approximate surface area is 107 Å². The van der Waals surface area contributed by atoms with Gasteiger partial charge in [-0.1, -0.05) is 0 Å². The van der Waals surface area contributed by atoms with Gasteiger partial charge in [0.15, 0.2) is 0 Å². The molecule has 0 aliphatic rings. The van der Waals surface area contributed by atoms with Crippen LogP contribution in [0.1, 0.15) is 15.3 Å². The molecule has 0 aromatic heterocycles. The number of hydrogen-bond donors (Lipinski definition) is 2. The third-order valence-corrected chi connectivity index (χ3v) is 2.40. The summed E-state index contributed by atoms with van der Waals surface area (Å²) in [6.45, 7) is 3.45. The van der Waals surface area contributed by atoms with Gasteiger partial charge in [0.05, 0.1) is 5.75 Å². The molecule has 2 N–H and O–H groups in total. The summed E-state index contributed by atoms with van der Waals surface area (Å²) in [6, 6.07) is 0. The molecule has 0 saturated carbocycles. The zero-order valence-electron chi connectivity index (χ0n) is 9.57. The molecule has 0 bridgehead atoms. The van der Waals surface area contributed by atoms with Crippen molar-refractivity contribution in [1.29, 1.82) is 0 Å². The van der Waals surface area contributed by atoms with E-state index in [1.54, 1.807) is 19.8 Å². The van der Waals surface area contributed by atoms with Crippen molar-refractivity contribution < 1.29 is 48.7 Å². The predicted octanol–water partition coefficient (Wildman–Crippen LogP) is -3.25. The van der Waals surface area contributed by atoms with Crippen molar-refractivity contribution in [2.75, 3.05) is 12.3 Å². The van der Waals surface area contributed by atoms with E-state index in [1.165, 1.54) is 6.08 Å². The van der Waals surface area contributed by atoms with Gasteiger partial charge in [-0.05, 0) is 13.8 Å². The number of hydrogen-bond acceptors (Lipinski definition) is 4. The van der Waals surface area contributed by atoms with Gasteiger partial charge >= 0.3 is 29.6 Å². The molecule has 0 aromatic carbocycles. The van der Waals surface area contributed by atoms with Crippen LogP contribution in [0.3, 0.4) is 0 Å². The summed E-state index contributed by atoms with van der Waals surface area (Å²) in [5.74, 6) is 1.16. The van der Waals surface area contributed by atoms with Crippen molar-refractivity contribution in [3.05, 3.63) is 6.08 Å². The van der Waals surface area contributed by atoms with Gasteiger partial charge < -0.3 is 6.74 Å². The van der Waals surface area contributed by atoms with Gasteiger partial charge in [-0.2, -0.15) is 8.42 Å². The van der Waals surface area contributed by atoms with Gasteiger partial charge in [-0.25, -0.2) is 4.79 Å². The van der Waals surface area contributed by atoms with E-state index in [4.69, 9.17) is 4.55 Å². The fraction of sp³-hybridized carbons (Fsp3) is 0.714. The second-order valence-corrected chi connectivity index (χ2v) is 4.77. The van der Waals surface area contributed by atoms with Gasteiger partial charge in [-0.15, -0.1) is 0 Å². The molecule has 0 fully saturated rings. The molecule has 0 spiro atoms. The van der Waals surface area contributed by atoms with Crippen LogP contribution in [0.15, 0.2) is 6.08 Å². The van der Waals surface area contributed by atoms with Crippen LogP contribution in [0.5, 0.6) is 0 Å². The molecular weight excluding hydrogens is 217 g/mol. The molecule has 5 nitrogen and oxygen atoms in total. The molecule has 0 aliphatic heterocycles. The maximum Gasteiger partial charge on any atom is 1.00 e. The molecule has 0 unspecified atom stereocenters. The summed E-state index contributed by atoms with van der Waals surface area (Å²) in [6.07, 6.45) is 1.20. The molecule has 0 aliphatic carbocycles. The van der Waals surface area contributed by atoms with E-state index >= 15 is 0 Å². The first kappa shape index (κ1) is 16.7. The maximum atomic E-state index is 10.5. The summed E-state index contributed by atoms with van der Waals surface area (Å²) in [5.41, 5.74) is -0.763. The largest absolute Gasteiger partial charge is 1.00 e. The first-order valence-electron chi connectivity index (χ1n) is 3.66. The van der Waals surface area contributed by atoms with Gasteiger partial charge in [-0.3, -0.25) is 4.55 Å². The molecular formula is C7H14NNaO4S. The minimum Gasteiger partial charge on any atom is -1.00 e.